The quantitative estimate of drug-likeness (QED) is 0.267. The number of hydrogen-bond donors (Lipinski definition) is 3. The summed E-state index contributed by atoms with van der Waals surface area (Å²) in [6.45, 7) is 9.45. The predicted molar refractivity (Wildman–Crippen MR) is 147 cm³/mol. The molecule has 3 aromatic rings. The fraction of sp³-hybridized carbons (Fsp3) is 0.385. The van der Waals surface area contributed by atoms with Crippen LogP contribution in [0.5, 0.6) is 0 Å². The van der Waals surface area contributed by atoms with Crippen LogP contribution in [0.1, 0.15) is 41.5 Å². The largest absolute Gasteiger partial charge is 0.447 e. The zero-order chi connectivity index (χ0) is 29.2. The first-order valence-corrected chi connectivity index (χ1v) is 14.3. The Kier molecular flexibility index (Phi) is 8.98. The molecule has 1 heterocycles. The van der Waals surface area contributed by atoms with Crippen LogP contribution in [0.3, 0.4) is 0 Å². The SMILES string of the molecule is CC(C)OC(=O)Nc1ccc(-c2ncc(-c3ccc(NC(C)C(F)(F)F)cc3S(=O)(=O)NC(C)(C)C)s2)cc1. The first-order valence-electron chi connectivity index (χ1n) is 12.0. The molecule has 0 aliphatic carbocycles. The molecule has 212 valence electrons. The maximum atomic E-state index is 13.3. The van der Waals surface area contributed by atoms with Gasteiger partial charge in [0.05, 0.1) is 15.9 Å². The Balaban J connectivity index is 1.96. The number of amides is 1. The third kappa shape index (κ3) is 8.41. The van der Waals surface area contributed by atoms with Crippen molar-refractivity contribution in [3.63, 3.8) is 0 Å². The van der Waals surface area contributed by atoms with Gasteiger partial charge in [-0.2, -0.15) is 13.2 Å². The van der Waals surface area contributed by atoms with Crippen molar-refractivity contribution in [1.82, 2.24) is 9.71 Å². The van der Waals surface area contributed by atoms with E-state index in [9.17, 15) is 26.4 Å². The summed E-state index contributed by atoms with van der Waals surface area (Å²) in [6.07, 6.45) is -3.82. The summed E-state index contributed by atoms with van der Waals surface area (Å²) in [5, 5.41) is 5.54. The molecule has 13 heteroatoms. The van der Waals surface area contributed by atoms with E-state index in [1.165, 1.54) is 35.7 Å². The summed E-state index contributed by atoms with van der Waals surface area (Å²) in [5.74, 6) is 0. The lowest BCUT2D eigenvalue weighted by Crippen LogP contribution is -2.40. The number of thiazole rings is 1. The minimum absolute atomic E-state index is 0.0154. The van der Waals surface area contributed by atoms with E-state index in [1.54, 1.807) is 58.9 Å². The summed E-state index contributed by atoms with van der Waals surface area (Å²) < 4.78 is 73.6. The van der Waals surface area contributed by atoms with E-state index in [4.69, 9.17) is 4.74 Å². The van der Waals surface area contributed by atoms with Crippen LogP contribution in [-0.4, -0.2) is 43.4 Å². The van der Waals surface area contributed by atoms with Crippen LogP contribution in [0, 0.1) is 0 Å². The summed E-state index contributed by atoms with van der Waals surface area (Å²) >= 11 is 1.22. The number of aromatic nitrogens is 1. The first-order chi connectivity index (χ1) is 17.9. The van der Waals surface area contributed by atoms with Gasteiger partial charge in [-0.25, -0.2) is 22.9 Å². The number of nitrogens with zero attached hydrogens (tertiary/aromatic N) is 1. The lowest BCUT2D eigenvalue weighted by molar-refractivity contribution is -0.138. The number of halogens is 3. The number of hydrogen-bond acceptors (Lipinski definition) is 7. The highest BCUT2D eigenvalue weighted by Gasteiger charge is 2.36. The van der Waals surface area contributed by atoms with Crippen molar-refractivity contribution >= 4 is 38.8 Å². The maximum absolute atomic E-state index is 13.3. The Morgan fingerprint density at radius 3 is 2.18 bits per heavy atom. The molecule has 1 amide bonds. The van der Waals surface area contributed by atoms with E-state index in [-0.39, 0.29) is 16.7 Å². The highest BCUT2D eigenvalue weighted by molar-refractivity contribution is 7.89. The normalized spacial score (nSPS) is 13.3. The monoisotopic (exact) mass is 584 g/mol. The Labute approximate surface area is 230 Å². The number of benzene rings is 2. The molecular weight excluding hydrogens is 553 g/mol. The molecule has 0 spiro atoms. The number of alkyl halides is 3. The molecule has 1 unspecified atom stereocenters. The van der Waals surface area contributed by atoms with Gasteiger partial charge in [0.25, 0.3) is 0 Å². The molecule has 0 fully saturated rings. The van der Waals surface area contributed by atoms with E-state index in [0.717, 1.165) is 12.5 Å². The third-order valence-corrected chi connectivity index (χ3v) is 7.96. The average molecular weight is 585 g/mol. The number of rotatable bonds is 8. The number of carbonyl (C=O) groups is 1. The van der Waals surface area contributed by atoms with Crippen molar-refractivity contribution in [2.45, 2.75) is 70.3 Å². The van der Waals surface area contributed by atoms with Crippen LogP contribution in [0.15, 0.2) is 53.6 Å². The van der Waals surface area contributed by atoms with Crippen molar-refractivity contribution in [1.29, 1.82) is 0 Å². The van der Waals surface area contributed by atoms with Crippen LogP contribution in [0.4, 0.5) is 29.3 Å². The number of anilines is 2. The van der Waals surface area contributed by atoms with Gasteiger partial charge in [0.1, 0.15) is 11.0 Å². The molecule has 3 rings (SSSR count). The third-order valence-electron chi connectivity index (χ3n) is 5.08. The van der Waals surface area contributed by atoms with Crippen molar-refractivity contribution in [3.05, 3.63) is 48.7 Å². The number of sulfonamides is 1. The summed E-state index contributed by atoms with van der Waals surface area (Å²) in [5.41, 5.74) is 0.745. The van der Waals surface area contributed by atoms with Gasteiger partial charge in [-0.05, 0) is 77.9 Å². The van der Waals surface area contributed by atoms with E-state index < -0.39 is 33.9 Å². The second-order valence-electron chi connectivity index (χ2n) is 10.2. The van der Waals surface area contributed by atoms with Gasteiger partial charge in [0.15, 0.2) is 0 Å². The van der Waals surface area contributed by atoms with Crippen molar-refractivity contribution in [2.24, 2.45) is 0 Å². The molecule has 0 aliphatic rings. The van der Waals surface area contributed by atoms with Crippen molar-refractivity contribution < 1.29 is 31.1 Å². The zero-order valence-electron chi connectivity index (χ0n) is 22.3. The lowest BCUT2D eigenvalue weighted by Gasteiger charge is -2.23. The standard InChI is InChI=1S/C26H31F3N4O4S2/c1-15(2)37-24(34)32-18-9-7-17(8-10-18)23-30-14-21(38-23)20-12-11-19(31-16(3)26(27,28)29)13-22(20)39(35,36)33-25(4,5)6/h7-16,31,33H,1-6H3,(H,32,34). The predicted octanol–water partition coefficient (Wildman–Crippen LogP) is 6.87. The van der Waals surface area contributed by atoms with Crippen LogP contribution in [0.25, 0.3) is 21.0 Å². The molecule has 0 radical (unpaired) electrons. The Morgan fingerprint density at radius 2 is 1.62 bits per heavy atom. The van der Waals surface area contributed by atoms with E-state index in [1.807, 2.05) is 0 Å². The second kappa shape index (κ2) is 11.5. The van der Waals surface area contributed by atoms with Crippen LogP contribution < -0.4 is 15.4 Å². The highest BCUT2D eigenvalue weighted by atomic mass is 32.2. The van der Waals surface area contributed by atoms with Gasteiger partial charge in [-0.3, -0.25) is 5.32 Å². The molecule has 8 nitrogen and oxygen atoms in total. The molecule has 2 aromatic carbocycles. The topological polar surface area (TPSA) is 109 Å². The molecule has 3 N–H and O–H groups in total. The summed E-state index contributed by atoms with van der Waals surface area (Å²) in [4.78, 5) is 16.6. The van der Waals surface area contributed by atoms with Gasteiger partial charge in [0.2, 0.25) is 10.0 Å². The van der Waals surface area contributed by atoms with E-state index >= 15 is 0 Å². The van der Waals surface area contributed by atoms with Crippen molar-refractivity contribution in [3.8, 4) is 21.0 Å². The Bertz CT molecular complexity index is 1410. The smallest absolute Gasteiger partial charge is 0.411 e. The highest BCUT2D eigenvalue weighted by Crippen LogP contribution is 2.37. The first kappa shape index (κ1) is 30.4. The van der Waals surface area contributed by atoms with Gasteiger partial charge < -0.3 is 10.1 Å². The maximum Gasteiger partial charge on any atom is 0.411 e. The van der Waals surface area contributed by atoms with Crippen molar-refractivity contribution in [2.75, 3.05) is 10.6 Å². The minimum Gasteiger partial charge on any atom is -0.447 e. The fourth-order valence-corrected chi connectivity index (χ4v) is 6.11. The zero-order valence-corrected chi connectivity index (χ0v) is 23.9. The van der Waals surface area contributed by atoms with Crippen LogP contribution in [-0.2, 0) is 14.8 Å². The molecular formula is C26H31F3N4O4S2. The van der Waals surface area contributed by atoms with Gasteiger partial charge in [-0.1, -0.05) is 6.07 Å². The molecule has 0 saturated carbocycles. The fourth-order valence-electron chi connectivity index (χ4n) is 3.42. The van der Waals surface area contributed by atoms with E-state index in [0.29, 0.717) is 21.1 Å². The molecule has 1 atom stereocenters. The number of nitrogens with one attached hydrogen (secondary N) is 3. The van der Waals surface area contributed by atoms with Crippen LogP contribution in [0.2, 0.25) is 0 Å². The number of carbonyl (C=O) groups excluding carboxylic acids is 1. The second-order valence-corrected chi connectivity index (χ2v) is 12.8. The molecule has 39 heavy (non-hydrogen) atoms. The lowest BCUT2D eigenvalue weighted by atomic mass is 10.1. The number of ether oxygens (including phenoxy) is 1. The Morgan fingerprint density at radius 1 is 1.00 bits per heavy atom. The van der Waals surface area contributed by atoms with Gasteiger partial charge in [-0.15, -0.1) is 11.3 Å². The molecule has 1 aromatic heterocycles. The Hall–Kier alpha value is -3.16. The molecule has 0 aliphatic heterocycles. The van der Waals surface area contributed by atoms with Crippen LogP contribution >= 0.6 is 11.3 Å². The average Bonchev–Trinajstić information content (AvgIpc) is 3.27. The van der Waals surface area contributed by atoms with Gasteiger partial charge in [0, 0.05) is 34.2 Å². The molecule has 0 bridgehead atoms. The summed E-state index contributed by atoms with van der Waals surface area (Å²) in [7, 11) is -4.12. The van der Waals surface area contributed by atoms with Gasteiger partial charge >= 0.3 is 12.3 Å². The van der Waals surface area contributed by atoms with E-state index in [2.05, 4.69) is 20.3 Å². The molecule has 0 saturated heterocycles. The summed E-state index contributed by atoms with van der Waals surface area (Å²) in [6, 6.07) is 9.05. The minimum atomic E-state index is -4.51.